The van der Waals surface area contributed by atoms with Crippen LogP contribution in [0, 0.1) is 5.92 Å². The lowest BCUT2D eigenvalue weighted by molar-refractivity contribution is -0.143. The second-order valence-electron chi connectivity index (χ2n) is 5.39. The van der Waals surface area contributed by atoms with Gasteiger partial charge < -0.3 is 14.6 Å². The van der Waals surface area contributed by atoms with Crippen molar-refractivity contribution in [1.29, 1.82) is 0 Å². The van der Waals surface area contributed by atoms with Gasteiger partial charge in [-0.3, -0.25) is 14.4 Å². The van der Waals surface area contributed by atoms with Gasteiger partial charge in [0.15, 0.2) is 17.3 Å². The molecule has 1 N–H and O–H groups in total. The molecule has 6 nitrogen and oxygen atoms in total. The van der Waals surface area contributed by atoms with E-state index in [-0.39, 0.29) is 37.6 Å². The van der Waals surface area contributed by atoms with Gasteiger partial charge in [0.1, 0.15) is 5.78 Å². The van der Waals surface area contributed by atoms with Gasteiger partial charge in [-0.1, -0.05) is 19.1 Å². The Kier molecular flexibility index (Phi) is 5.51. The van der Waals surface area contributed by atoms with Crippen molar-refractivity contribution >= 4 is 23.6 Å². The number of carbonyl (C=O) groups is 3. The normalized spacial score (nSPS) is 14.0. The molecule has 6 heteroatoms. The van der Waals surface area contributed by atoms with Crippen LogP contribution in [0.1, 0.15) is 31.7 Å². The molecule has 0 fully saturated rings. The average Bonchev–Trinajstić information content (AvgIpc) is 2.98. The molecule has 1 aromatic rings. The first kappa shape index (κ1) is 16.7. The third-order valence-electron chi connectivity index (χ3n) is 3.46. The summed E-state index contributed by atoms with van der Waals surface area (Å²) < 4.78 is 10.4. The molecule has 0 aromatic heterocycles. The molecule has 0 amide bonds. The first-order valence-electron chi connectivity index (χ1n) is 7.31. The van der Waals surface area contributed by atoms with Crippen LogP contribution >= 0.6 is 0 Å². The topological polar surface area (TPSA) is 89.9 Å². The van der Waals surface area contributed by atoms with Gasteiger partial charge in [-0.15, -0.1) is 0 Å². The monoisotopic (exact) mass is 318 g/mol. The highest BCUT2D eigenvalue weighted by molar-refractivity contribution is 5.96. The number of fused-ring (bicyclic) bond motifs is 1. The zero-order valence-corrected chi connectivity index (χ0v) is 12.8. The van der Waals surface area contributed by atoms with E-state index < -0.39 is 11.9 Å². The standard InChI is InChI=1S/C17H18O6/c1-11(17(20)21)8-14(19)6-5-13(18)4-2-12-3-7-15-16(9-12)23-10-22-15/h2-4,7,9,11H,5-6,8,10H2,1H3,(H,20,21)/b4-2+/t11-/m1/s1. The van der Waals surface area contributed by atoms with E-state index in [2.05, 4.69) is 0 Å². The Morgan fingerprint density at radius 3 is 2.70 bits per heavy atom. The van der Waals surface area contributed by atoms with Crippen molar-refractivity contribution in [3.05, 3.63) is 29.8 Å². The van der Waals surface area contributed by atoms with Gasteiger partial charge in [0.05, 0.1) is 5.92 Å². The fourth-order valence-electron chi connectivity index (χ4n) is 2.08. The molecular formula is C17H18O6. The molecule has 0 saturated carbocycles. The van der Waals surface area contributed by atoms with Crippen molar-refractivity contribution in [1.82, 2.24) is 0 Å². The number of ether oxygens (including phenoxy) is 2. The Bertz CT molecular complexity index is 646. The van der Waals surface area contributed by atoms with E-state index in [0.717, 1.165) is 5.56 Å². The minimum absolute atomic E-state index is 0.0471. The van der Waals surface area contributed by atoms with Crippen molar-refractivity contribution in [2.45, 2.75) is 26.2 Å². The SMILES string of the molecule is C[C@H](CC(=O)CCC(=O)/C=C/c1ccc2c(c1)OCO2)C(=O)O. The van der Waals surface area contributed by atoms with Gasteiger partial charge in [-0.2, -0.15) is 0 Å². The fourth-order valence-corrected chi connectivity index (χ4v) is 2.08. The smallest absolute Gasteiger partial charge is 0.306 e. The largest absolute Gasteiger partial charge is 0.481 e. The lowest BCUT2D eigenvalue weighted by Crippen LogP contribution is -2.15. The summed E-state index contributed by atoms with van der Waals surface area (Å²) in [6.45, 7) is 1.67. The summed E-state index contributed by atoms with van der Waals surface area (Å²) in [5.74, 6) is -0.818. The minimum atomic E-state index is -1.01. The molecule has 0 radical (unpaired) electrons. The van der Waals surface area contributed by atoms with E-state index in [9.17, 15) is 14.4 Å². The summed E-state index contributed by atoms with van der Waals surface area (Å²) in [5.41, 5.74) is 0.799. The van der Waals surface area contributed by atoms with Crippen LogP contribution in [-0.4, -0.2) is 29.4 Å². The van der Waals surface area contributed by atoms with Crippen molar-refractivity contribution in [3.63, 3.8) is 0 Å². The van der Waals surface area contributed by atoms with Crippen molar-refractivity contribution < 1.29 is 29.0 Å². The predicted octanol–water partition coefficient (Wildman–Crippen LogP) is 2.46. The first-order chi connectivity index (χ1) is 11.0. The highest BCUT2D eigenvalue weighted by Crippen LogP contribution is 2.32. The highest BCUT2D eigenvalue weighted by Gasteiger charge is 2.16. The van der Waals surface area contributed by atoms with Crippen LogP contribution in [-0.2, 0) is 14.4 Å². The van der Waals surface area contributed by atoms with E-state index >= 15 is 0 Å². The number of hydrogen-bond donors (Lipinski definition) is 1. The Hall–Kier alpha value is -2.63. The summed E-state index contributed by atoms with van der Waals surface area (Å²) >= 11 is 0. The Labute approximate surface area is 133 Å². The highest BCUT2D eigenvalue weighted by atomic mass is 16.7. The molecule has 2 rings (SSSR count). The van der Waals surface area contributed by atoms with Crippen LogP contribution in [0.5, 0.6) is 11.5 Å². The number of carboxylic acid groups (broad SMARTS) is 1. The van der Waals surface area contributed by atoms with Gasteiger partial charge in [-0.05, 0) is 23.8 Å². The molecule has 1 aromatic carbocycles. The Morgan fingerprint density at radius 2 is 1.96 bits per heavy atom. The Morgan fingerprint density at radius 1 is 1.22 bits per heavy atom. The zero-order valence-electron chi connectivity index (χ0n) is 12.8. The lowest BCUT2D eigenvalue weighted by Gasteiger charge is -2.03. The second kappa shape index (κ2) is 7.58. The summed E-state index contributed by atoms with van der Waals surface area (Å²) in [4.78, 5) is 34.0. The van der Waals surface area contributed by atoms with Gasteiger partial charge in [-0.25, -0.2) is 0 Å². The number of rotatable bonds is 8. The molecular weight excluding hydrogens is 300 g/mol. The molecule has 0 aliphatic carbocycles. The fraction of sp³-hybridized carbons (Fsp3) is 0.353. The van der Waals surface area contributed by atoms with Gasteiger partial charge in [0.25, 0.3) is 0 Å². The van der Waals surface area contributed by atoms with Crippen molar-refractivity contribution in [2.75, 3.05) is 6.79 Å². The van der Waals surface area contributed by atoms with Crippen LogP contribution in [0.2, 0.25) is 0 Å². The molecule has 1 atom stereocenters. The van der Waals surface area contributed by atoms with Crippen molar-refractivity contribution in [2.24, 2.45) is 5.92 Å². The maximum atomic E-state index is 11.8. The first-order valence-corrected chi connectivity index (χ1v) is 7.31. The minimum Gasteiger partial charge on any atom is -0.481 e. The number of Topliss-reactive ketones (excluding diaryl/α,β-unsaturated/α-hetero) is 1. The quantitative estimate of drug-likeness (QED) is 0.741. The van der Waals surface area contributed by atoms with E-state index in [1.807, 2.05) is 0 Å². The number of benzene rings is 1. The van der Waals surface area contributed by atoms with Gasteiger partial charge in [0, 0.05) is 19.3 Å². The van der Waals surface area contributed by atoms with Crippen LogP contribution in [0.4, 0.5) is 0 Å². The van der Waals surface area contributed by atoms with Crippen LogP contribution in [0.25, 0.3) is 6.08 Å². The lowest BCUT2D eigenvalue weighted by atomic mass is 10.0. The summed E-state index contributed by atoms with van der Waals surface area (Å²) in [7, 11) is 0. The summed E-state index contributed by atoms with van der Waals surface area (Å²) in [5, 5.41) is 8.74. The number of aliphatic carboxylic acids is 1. The van der Waals surface area contributed by atoms with Crippen LogP contribution in [0.15, 0.2) is 24.3 Å². The number of carboxylic acids is 1. The third kappa shape index (κ3) is 4.95. The molecule has 0 saturated heterocycles. The average molecular weight is 318 g/mol. The maximum absolute atomic E-state index is 11.8. The number of carbonyl (C=O) groups excluding carboxylic acids is 2. The van der Waals surface area contributed by atoms with E-state index in [1.54, 1.807) is 24.3 Å². The molecule has 0 bridgehead atoms. The molecule has 0 spiro atoms. The van der Waals surface area contributed by atoms with Crippen LogP contribution in [0.3, 0.4) is 0 Å². The third-order valence-corrected chi connectivity index (χ3v) is 3.46. The van der Waals surface area contributed by atoms with Crippen molar-refractivity contribution in [3.8, 4) is 11.5 Å². The maximum Gasteiger partial charge on any atom is 0.306 e. The second-order valence-corrected chi connectivity index (χ2v) is 5.39. The molecule has 1 aliphatic rings. The molecule has 122 valence electrons. The summed E-state index contributed by atoms with van der Waals surface area (Å²) in [6.07, 6.45) is 3.14. The zero-order chi connectivity index (χ0) is 16.8. The van der Waals surface area contributed by atoms with Gasteiger partial charge in [0.2, 0.25) is 6.79 Å². The van der Waals surface area contributed by atoms with Crippen LogP contribution < -0.4 is 9.47 Å². The van der Waals surface area contributed by atoms with E-state index in [4.69, 9.17) is 14.6 Å². The number of hydrogen-bond acceptors (Lipinski definition) is 5. The van der Waals surface area contributed by atoms with E-state index in [1.165, 1.54) is 13.0 Å². The van der Waals surface area contributed by atoms with E-state index in [0.29, 0.717) is 11.5 Å². The molecule has 1 aliphatic heterocycles. The number of allylic oxidation sites excluding steroid dienone is 1. The summed E-state index contributed by atoms with van der Waals surface area (Å²) in [6, 6.07) is 5.34. The Balaban J connectivity index is 1.80. The molecule has 0 unspecified atom stereocenters. The molecule has 23 heavy (non-hydrogen) atoms. The predicted molar refractivity (Wildman–Crippen MR) is 82.3 cm³/mol. The molecule has 1 heterocycles. The van der Waals surface area contributed by atoms with Gasteiger partial charge >= 0.3 is 5.97 Å². The number of ketones is 2.